The van der Waals surface area contributed by atoms with E-state index in [1.165, 1.54) is 32.1 Å². The van der Waals surface area contributed by atoms with Gasteiger partial charge in [0, 0.05) is 11.6 Å². The number of benzene rings is 3. The number of aromatic hydroxyl groups is 2. The number of para-hydroxylation sites is 1. The number of phenolic OH excluding ortho intramolecular Hbond substituents is 2. The van der Waals surface area contributed by atoms with Gasteiger partial charge >= 0.3 is 5.97 Å². The fourth-order valence-corrected chi connectivity index (χ4v) is 5.25. The van der Waals surface area contributed by atoms with Crippen LogP contribution in [0, 0.1) is 17.8 Å². The quantitative estimate of drug-likeness (QED) is 0.0453. The third-order valence-electron chi connectivity index (χ3n) is 8.36. The van der Waals surface area contributed by atoms with E-state index in [-0.39, 0.29) is 34.9 Å². The predicted octanol–water partition coefficient (Wildman–Crippen LogP) is 10.4. The Bertz CT molecular complexity index is 1730. The summed E-state index contributed by atoms with van der Waals surface area (Å²) in [5.74, 6) is 2.79. The van der Waals surface area contributed by atoms with Crippen LogP contribution in [0.1, 0.15) is 83.5 Å². The number of carbonyl (C=O) groups is 1. The summed E-state index contributed by atoms with van der Waals surface area (Å²) in [6, 6.07) is 18.6. The van der Waals surface area contributed by atoms with Crippen molar-refractivity contribution < 1.29 is 29.6 Å². The second-order valence-corrected chi connectivity index (χ2v) is 13.3. The van der Waals surface area contributed by atoms with Crippen LogP contribution >= 0.6 is 0 Å². The molecule has 0 aliphatic heterocycles. The number of carbonyl (C=O) groups excluding carboxylic acids is 1. The summed E-state index contributed by atoms with van der Waals surface area (Å²) in [6.45, 7) is 14.4. The Labute approximate surface area is 302 Å². The van der Waals surface area contributed by atoms with Crippen molar-refractivity contribution >= 4 is 5.97 Å². The van der Waals surface area contributed by atoms with Gasteiger partial charge in [-0.05, 0) is 86.1 Å². The number of esters is 1. The van der Waals surface area contributed by atoms with Crippen LogP contribution in [0.25, 0.3) is 34.2 Å². The zero-order chi connectivity index (χ0) is 37.3. The van der Waals surface area contributed by atoms with E-state index in [9.17, 15) is 15.0 Å². The molecule has 3 aromatic carbocycles. The molecule has 4 aromatic rings. The van der Waals surface area contributed by atoms with Gasteiger partial charge in [-0.25, -0.2) is 19.7 Å². The zero-order valence-electron chi connectivity index (χ0n) is 30.8. The number of ether oxygens (including phenoxy) is 2. The average Bonchev–Trinajstić information content (AvgIpc) is 3.13. The van der Waals surface area contributed by atoms with Crippen LogP contribution in [0.3, 0.4) is 0 Å². The molecular weight excluding hydrogens is 642 g/mol. The van der Waals surface area contributed by atoms with Crippen LogP contribution in [0.5, 0.6) is 17.2 Å². The first-order valence-corrected chi connectivity index (χ1v) is 17.6. The minimum absolute atomic E-state index is 0.0178. The van der Waals surface area contributed by atoms with E-state index in [4.69, 9.17) is 14.6 Å². The molecule has 4 rings (SSSR count). The molecule has 0 aliphatic carbocycles. The molecule has 1 aromatic heterocycles. The van der Waals surface area contributed by atoms with E-state index < -0.39 is 0 Å². The lowest BCUT2D eigenvalue weighted by Gasteiger charge is -2.18. The van der Waals surface area contributed by atoms with Gasteiger partial charge in [-0.3, -0.25) is 0 Å². The van der Waals surface area contributed by atoms with E-state index in [1.807, 2.05) is 0 Å². The molecular formula is C42H53N3O6. The Morgan fingerprint density at radius 1 is 0.784 bits per heavy atom. The van der Waals surface area contributed by atoms with Crippen molar-refractivity contribution in [1.82, 2.24) is 15.0 Å². The van der Waals surface area contributed by atoms with Crippen molar-refractivity contribution in [3.63, 3.8) is 0 Å². The molecule has 0 radical (unpaired) electrons. The summed E-state index contributed by atoms with van der Waals surface area (Å²) in [7, 11) is 1.52. The summed E-state index contributed by atoms with van der Waals surface area (Å²) >= 11 is 0. The van der Waals surface area contributed by atoms with Crippen molar-refractivity contribution in [3.8, 4) is 51.4 Å². The van der Waals surface area contributed by atoms with Crippen LogP contribution in [0.4, 0.5) is 0 Å². The molecule has 0 bridgehead atoms. The van der Waals surface area contributed by atoms with Crippen molar-refractivity contribution in [3.05, 3.63) is 96.8 Å². The number of unbranched alkanes of at least 4 members (excludes halogenated alkanes) is 1. The summed E-state index contributed by atoms with van der Waals surface area (Å²) < 4.78 is 11.0. The predicted molar refractivity (Wildman–Crippen MR) is 204 cm³/mol. The van der Waals surface area contributed by atoms with Gasteiger partial charge in [-0.1, -0.05) is 84.2 Å². The highest BCUT2D eigenvalue weighted by Gasteiger charge is 2.18. The lowest BCUT2D eigenvalue weighted by Crippen LogP contribution is -2.15. The number of rotatable bonds is 16. The van der Waals surface area contributed by atoms with E-state index >= 15 is 0 Å². The second-order valence-electron chi connectivity index (χ2n) is 13.3. The molecule has 0 amide bonds. The number of hydrogen-bond acceptors (Lipinski definition) is 9. The topological polar surface area (TPSA) is 135 Å². The fourth-order valence-electron chi connectivity index (χ4n) is 5.25. The van der Waals surface area contributed by atoms with Crippen LogP contribution in [0.2, 0.25) is 0 Å². The molecule has 1 atom stereocenters. The molecule has 0 fully saturated rings. The number of allylic oxidation sites excluding steroid dienone is 2. The first kappa shape index (κ1) is 40.3. The molecule has 0 saturated heterocycles. The summed E-state index contributed by atoms with van der Waals surface area (Å²) in [5.41, 5.74) is 1.89. The lowest BCUT2D eigenvalue weighted by molar-refractivity contribution is 0.0420. The van der Waals surface area contributed by atoms with Crippen LogP contribution < -0.4 is 4.74 Å². The van der Waals surface area contributed by atoms with Crippen molar-refractivity contribution in [1.29, 1.82) is 0 Å². The van der Waals surface area contributed by atoms with Gasteiger partial charge in [-0.2, -0.15) is 0 Å². The monoisotopic (exact) mass is 695 g/mol. The zero-order valence-corrected chi connectivity index (χ0v) is 30.8. The summed E-state index contributed by atoms with van der Waals surface area (Å²) in [4.78, 5) is 26.9. The van der Waals surface area contributed by atoms with Gasteiger partial charge < -0.3 is 24.8 Å². The highest BCUT2D eigenvalue weighted by molar-refractivity contribution is 5.90. The third kappa shape index (κ3) is 12.9. The second kappa shape index (κ2) is 20.5. The van der Waals surface area contributed by atoms with Crippen molar-refractivity contribution in [2.24, 2.45) is 17.8 Å². The molecule has 51 heavy (non-hydrogen) atoms. The SMILES string of the molecule is C=C/C(O)=C\C.COc1ccc(-c2nc(-c3ccc(C(=O)OCC(CCCCC(C)C)CCC(C)C)cc3)nc(-c3ccccc3O)n2)c(O)c1. The molecule has 0 saturated carbocycles. The lowest BCUT2D eigenvalue weighted by atomic mass is 9.93. The maximum Gasteiger partial charge on any atom is 0.338 e. The fraction of sp³-hybridized carbons (Fsp3) is 0.381. The third-order valence-corrected chi connectivity index (χ3v) is 8.36. The standard InChI is InChI=1S/C37H45N3O5.C5H8O/c1-24(2)10-6-7-11-26(15-14-25(3)4)23-45-37(43)28-18-16-27(17-19-28)34-38-35(30-12-8-9-13-32(30)41)40-36(39-34)31-21-20-29(44-5)22-33(31)42;1-3-5(6)4-2/h8-9,12-13,16-22,24-26,41-42H,6-7,10-11,14-15,23H2,1-5H3;3-4,6H,1H2,2H3/b;5-4+. The number of aromatic nitrogens is 3. The molecule has 0 aliphatic rings. The smallest absolute Gasteiger partial charge is 0.338 e. The first-order chi connectivity index (χ1) is 24.4. The Balaban J connectivity index is 0.00000107. The molecule has 0 spiro atoms. The van der Waals surface area contributed by atoms with Crippen molar-refractivity contribution in [2.45, 2.75) is 73.1 Å². The highest BCUT2D eigenvalue weighted by atomic mass is 16.5. The van der Waals surface area contributed by atoms with Gasteiger partial charge in [-0.15, -0.1) is 0 Å². The maximum absolute atomic E-state index is 13.0. The number of hydrogen-bond donors (Lipinski definition) is 3. The van der Waals surface area contributed by atoms with E-state index in [0.29, 0.717) is 58.2 Å². The number of nitrogens with zero attached hydrogens (tertiary/aromatic N) is 3. The van der Waals surface area contributed by atoms with E-state index in [1.54, 1.807) is 73.7 Å². The van der Waals surface area contributed by atoms with Gasteiger partial charge in [0.25, 0.3) is 0 Å². The number of phenols is 2. The average molecular weight is 696 g/mol. The Morgan fingerprint density at radius 2 is 1.39 bits per heavy atom. The van der Waals surface area contributed by atoms with E-state index in [0.717, 1.165) is 25.7 Å². The molecule has 272 valence electrons. The largest absolute Gasteiger partial charge is 0.508 e. The Morgan fingerprint density at radius 3 is 1.94 bits per heavy atom. The Hall–Kier alpha value is -5.18. The minimum Gasteiger partial charge on any atom is -0.508 e. The Kier molecular flexibility index (Phi) is 16.2. The number of methoxy groups -OCH3 is 1. The molecule has 3 N–H and O–H groups in total. The summed E-state index contributed by atoms with van der Waals surface area (Å²) in [5, 5.41) is 29.6. The van der Waals surface area contributed by atoms with Crippen molar-refractivity contribution in [2.75, 3.05) is 13.7 Å². The normalized spacial score (nSPS) is 11.9. The van der Waals surface area contributed by atoms with Crippen LogP contribution in [0.15, 0.2) is 91.2 Å². The van der Waals surface area contributed by atoms with E-state index in [2.05, 4.69) is 49.2 Å². The summed E-state index contributed by atoms with van der Waals surface area (Å²) in [6.07, 6.45) is 9.78. The minimum atomic E-state index is -0.354. The molecule has 9 nitrogen and oxygen atoms in total. The number of aliphatic hydroxyl groups excluding tert-OH is 1. The van der Waals surface area contributed by atoms with Gasteiger partial charge in [0.2, 0.25) is 0 Å². The van der Waals surface area contributed by atoms with Gasteiger partial charge in [0.1, 0.15) is 23.0 Å². The van der Waals surface area contributed by atoms with Crippen LogP contribution in [-0.4, -0.2) is 50.0 Å². The maximum atomic E-state index is 13.0. The van der Waals surface area contributed by atoms with Gasteiger partial charge in [0.15, 0.2) is 17.5 Å². The van der Waals surface area contributed by atoms with Crippen LogP contribution in [-0.2, 0) is 4.74 Å². The first-order valence-electron chi connectivity index (χ1n) is 17.6. The molecule has 1 heterocycles. The highest BCUT2D eigenvalue weighted by Crippen LogP contribution is 2.34. The molecule has 9 heteroatoms. The van der Waals surface area contributed by atoms with Gasteiger partial charge in [0.05, 0.1) is 30.4 Å². The molecule has 1 unspecified atom stereocenters. The number of aliphatic hydroxyl groups is 1.